The molecule has 2 aromatic carbocycles. The maximum atomic E-state index is 13.1. The van der Waals surface area contributed by atoms with E-state index in [1.54, 1.807) is 24.3 Å². The van der Waals surface area contributed by atoms with Crippen molar-refractivity contribution < 1.29 is 4.79 Å². The summed E-state index contributed by atoms with van der Waals surface area (Å²) in [6, 6.07) is 20.2. The van der Waals surface area contributed by atoms with Crippen LogP contribution in [-0.4, -0.2) is 41.4 Å². The van der Waals surface area contributed by atoms with Crippen molar-refractivity contribution in [2.75, 3.05) is 19.6 Å². The van der Waals surface area contributed by atoms with Crippen molar-refractivity contribution in [3.63, 3.8) is 0 Å². The molecule has 1 atom stereocenters. The van der Waals surface area contributed by atoms with Crippen LogP contribution in [0.4, 0.5) is 0 Å². The summed E-state index contributed by atoms with van der Waals surface area (Å²) < 4.78 is 0. The molecular formula is C21H21N3O. The lowest BCUT2D eigenvalue weighted by Gasteiger charge is -2.42. The molecule has 0 radical (unpaired) electrons. The molecule has 2 aliphatic rings. The first-order valence-corrected chi connectivity index (χ1v) is 8.86. The number of benzene rings is 2. The lowest BCUT2D eigenvalue weighted by Crippen LogP contribution is -2.51. The van der Waals surface area contributed by atoms with E-state index < -0.39 is 0 Å². The van der Waals surface area contributed by atoms with Gasteiger partial charge in [-0.25, -0.2) is 0 Å². The van der Waals surface area contributed by atoms with Crippen LogP contribution in [0, 0.1) is 11.3 Å². The van der Waals surface area contributed by atoms with E-state index in [4.69, 9.17) is 5.26 Å². The molecule has 1 aliphatic carbocycles. The van der Waals surface area contributed by atoms with E-state index in [0.29, 0.717) is 17.2 Å². The number of rotatable bonds is 3. The molecule has 0 spiro atoms. The molecule has 1 amide bonds. The largest absolute Gasteiger partial charge is 0.329 e. The third-order valence-electron chi connectivity index (χ3n) is 5.16. The summed E-state index contributed by atoms with van der Waals surface area (Å²) in [5.41, 5.74) is 2.30. The lowest BCUT2D eigenvalue weighted by molar-refractivity contribution is 0.0433. The summed E-state index contributed by atoms with van der Waals surface area (Å²) in [5.74, 6) is 0.0152. The van der Waals surface area contributed by atoms with Gasteiger partial charge in [-0.2, -0.15) is 5.26 Å². The van der Waals surface area contributed by atoms with E-state index in [2.05, 4.69) is 23.1 Å². The molecule has 1 saturated carbocycles. The fraction of sp³-hybridized carbons (Fsp3) is 0.333. The minimum atomic E-state index is 0.0152. The topological polar surface area (TPSA) is 47.3 Å². The van der Waals surface area contributed by atoms with Gasteiger partial charge in [-0.3, -0.25) is 9.69 Å². The molecule has 4 heteroatoms. The zero-order valence-corrected chi connectivity index (χ0v) is 14.1. The smallest absolute Gasteiger partial charge is 0.254 e. The zero-order valence-electron chi connectivity index (χ0n) is 14.1. The Morgan fingerprint density at radius 1 is 1.04 bits per heavy atom. The van der Waals surface area contributed by atoms with Crippen LogP contribution in [0.5, 0.6) is 0 Å². The maximum Gasteiger partial charge on any atom is 0.254 e. The van der Waals surface area contributed by atoms with Crippen LogP contribution >= 0.6 is 0 Å². The third-order valence-corrected chi connectivity index (χ3v) is 5.16. The molecule has 25 heavy (non-hydrogen) atoms. The summed E-state index contributed by atoms with van der Waals surface area (Å²) in [5, 5.41) is 9.11. The molecule has 1 heterocycles. The fourth-order valence-corrected chi connectivity index (χ4v) is 3.67. The average molecular weight is 331 g/mol. The van der Waals surface area contributed by atoms with E-state index in [-0.39, 0.29) is 11.9 Å². The summed E-state index contributed by atoms with van der Waals surface area (Å²) in [6.07, 6.45) is 2.55. The van der Waals surface area contributed by atoms with Crippen molar-refractivity contribution in [1.82, 2.24) is 9.80 Å². The molecule has 4 nitrogen and oxygen atoms in total. The Labute approximate surface area is 148 Å². The molecule has 0 N–H and O–H groups in total. The Morgan fingerprint density at radius 3 is 2.56 bits per heavy atom. The number of hydrogen-bond donors (Lipinski definition) is 0. The number of nitrogens with zero attached hydrogens (tertiary/aromatic N) is 3. The second-order valence-electron chi connectivity index (χ2n) is 6.84. The lowest BCUT2D eigenvalue weighted by atomic mass is 10.0. The highest BCUT2D eigenvalue weighted by molar-refractivity contribution is 5.95. The van der Waals surface area contributed by atoms with Gasteiger partial charge < -0.3 is 4.90 Å². The first-order valence-electron chi connectivity index (χ1n) is 8.86. The van der Waals surface area contributed by atoms with Crippen molar-refractivity contribution >= 4 is 5.91 Å². The molecule has 2 aromatic rings. The van der Waals surface area contributed by atoms with E-state index in [0.717, 1.165) is 19.6 Å². The van der Waals surface area contributed by atoms with Crippen molar-refractivity contribution in [2.45, 2.75) is 24.9 Å². The van der Waals surface area contributed by atoms with Crippen LogP contribution in [0.25, 0.3) is 0 Å². The van der Waals surface area contributed by atoms with Crippen molar-refractivity contribution in [1.29, 1.82) is 5.26 Å². The van der Waals surface area contributed by atoms with E-state index in [1.165, 1.54) is 18.4 Å². The predicted molar refractivity (Wildman–Crippen MR) is 96.0 cm³/mol. The van der Waals surface area contributed by atoms with Crippen LogP contribution < -0.4 is 0 Å². The van der Waals surface area contributed by atoms with E-state index >= 15 is 0 Å². The number of piperazine rings is 1. The van der Waals surface area contributed by atoms with Crippen LogP contribution in [0.15, 0.2) is 54.6 Å². The van der Waals surface area contributed by atoms with Crippen LogP contribution in [-0.2, 0) is 0 Å². The Morgan fingerprint density at radius 2 is 1.84 bits per heavy atom. The van der Waals surface area contributed by atoms with Gasteiger partial charge in [0, 0.05) is 31.2 Å². The fourth-order valence-electron chi connectivity index (χ4n) is 3.67. The van der Waals surface area contributed by atoms with Gasteiger partial charge in [-0.05, 0) is 36.6 Å². The molecule has 1 unspecified atom stereocenters. The Balaban J connectivity index is 1.63. The molecule has 1 aliphatic heterocycles. The maximum absolute atomic E-state index is 13.1. The van der Waals surface area contributed by atoms with Crippen molar-refractivity contribution in [3.05, 3.63) is 71.3 Å². The SMILES string of the molecule is N#Cc1cccc(C(=O)N2CCN(C3CC3)CC2c2ccccc2)c1. The Bertz CT molecular complexity index is 807. The van der Waals surface area contributed by atoms with Crippen molar-refractivity contribution in [2.24, 2.45) is 0 Å². The molecule has 2 fully saturated rings. The minimum Gasteiger partial charge on any atom is -0.329 e. The summed E-state index contributed by atoms with van der Waals surface area (Å²) in [6.45, 7) is 2.54. The zero-order chi connectivity index (χ0) is 17.2. The second kappa shape index (κ2) is 6.70. The third kappa shape index (κ3) is 3.29. The van der Waals surface area contributed by atoms with Gasteiger partial charge in [-0.15, -0.1) is 0 Å². The normalized spacial score (nSPS) is 20.9. The number of amides is 1. The van der Waals surface area contributed by atoms with Gasteiger partial charge in [-0.1, -0.05) is 36.4 Å². The minimum absolute atomic E-state index is 0.0152. The first kappa shape index (κ1) is 15.9. The molecule has 0 aromatic heterocycles. The Kier molecular flexibility index (Phi) is 4.25. The monoisotopic (exact) mass is 331 g/mol. The molecule has 1 saturated heterocycles. The van der Waals surface area contributed by atoms with Gasteiger partial charge in [0.25, 0.3) is 5.91 Å². The number of carbonyl (C=O) groups is 1. The number of nitriles is 1. The summed E-state index contributed by atoms with van der Waals surface area (Å²) in [4.78, 5) is 17.6. The van der Waals surface area contributed by atoms with Crippen LogP contribution in [0.2, 0.25) is 0 Å². The predicted octanol–water partition coefficient (Wildman–Crippen LogP) is 3.22. The Hall–Kier alpha value is -2.64. The highest BCUT2D eigenvalue weighted by Gasteiger charge is 2.38. The molecule has 126 valence electrons. The van der Waals surface area contributed by atoms with Gasteiger partial charge in [0.05, 0.1) is 17.7 Å². The van der Waals surface area contributed by atoms with E-state index in [1.807, 2.05) is 23.1 Å². The molecule has 0 bridgehead atoms. The van der Waals surface area contributed by atoms with Gasteiger partial charge in [0.2, 0.25) is 0 Å². The average Bonchev–Trinajstić information content (AvgIpc) is 3.53. The van der Waals surface area contributed by atoms with Crippen molar-refractivity contribution in [3.8, 4) is 6.07 Å². The standard InChI is InChI=1S/C21H21N3O/c22-14-16-5-4-8-18(13-16)21(25)24-12-11-23(19-9-10-19)15-20(24)17-6-2-1-3-7-17/h1-8,13,19-20H,9-12,15H2. The first-order chi connectivity index (χ1) is 12.3. The summed E-state index contributed by atoms with van der Waals surface area (Å²) >= 11 is 0. The van der Waals surface area contributed by atoms with Gasteiger partial charge in [0.1, 0.15) is 0 Å². The highest BCUT2D eigenvalue weighted by Crippen LogP contribution is 2.34. The summed E-state index contributed by atoms with van der Waals surface area (Å²) in [7, 11) is 0. The molecular weight excluding hydrogens is 310 g/mol. The molecule has 4 rings (SSSR count). The van der Waals surface area contributed by atoms with Gasteiger partial charge >= 0.3 is 0 Å². The van der Waals surface area contributed by atoms with Gasteiger partial charge in [0.15, 0.2) is 0 Å². The van der Waals surface area contributed by atoms with Crippen LogP contribution in [0.1, 0.15) is 40.4 Å². The highest BCUT2D eigenvalue weighted by atomic mass is 16.2. The quantitative estimate of drug-likeness (QED) is 0.867. The number of carbonyl (C=O) groups excluding carboxylic acids is 1. The van der Waals surface area contributed by atoms with E-state index in [9.17, 15) is 4.79 Å². The van der Waals surface area contributed by atoms with Crippen LogP contribution in [0.3, 0.4) is 0 Å². The number of hydrogen-bond acceptors (Lipinski definition) is 3. The second-order valence-corrected chi connectivity index (χ2v) is 6.84.